The van der Waals surface area contributed by atoms with Crippen LogP contribution in [0.25, 0.3) is 0 Å². The number of non-ortho nitro benzene ring substituents is 1. The molecule has 2 aliphatic rings. The number of rotatable bonds is 2. The van der Waals surface area contributed by atoms with E-state index in [1.807, 2.05) is 0 Å². The lowest BCUT2D eigenvalue weighted by Gasteiger charge is -2.23. The standard InChI is InChI=1S/C10H8N2O2.C7H5NO4/c13-11-5-1-9(2-6-11)10-3-7-12(14)8-4-10;9-7(10)5-1-3-6(4-2-5)8(11)12/h1-8H;1-4H,(H,9,10). The highest BCUT2D eigenvalue weighted by atomic mass is 16.6. The maximum absolute atomic E-state index is 10.8. The number of hydrogen-bond donors (Lipinski definition) is 1. The molecule has 132 valence electrons. The summed E-state index contributed by atoms with van der Waals surface area (Å²) in [6.45, 7) is 0. The van der Waals surface area contributed by atoms with Gasteiger partial charge in [-0.1, -0.05) is 0 Å². The van der Waals surface area contributed by atoms with Crippen molar-refractivity contribution in [2.75, 3.05) is 0 Å². The number of hydrogen-bond acceptors (Lipinski definition) is 6. The smallest absolute Gasteiger partial charge is 0.335 e. The Labute approximate surface area is 147 Å². The number of carbonyl (C=O) groups is 1. The first-order valence-corrected chi connectivity index (χ1v) is 7.22. The van der Waals surface area contributed by atoms with Gasteiger partial charge in [0.05, 0.1) is 15.2 Å². The minimum atomic E-state index is -1.09. The summed E-state index contributed by atoms with van der Waals surface area (Å²) in [5.74, 6) is -1.09. The molecule has 0 saturated heterocycles. The average Bonchev–Trinajstić information content (AvgIpc) is 2.64. The lowest BCUT2D eigenvalue weighted by atomic mass is 10.1. The highest BCUT2D eigenvalue weighted by Crippen LogP contribution is 2.17. The van der Waals surface area contributed by atoms with Crippen LogP contribution in [0.4, 0.5) is 5.69 Å². The van der Waals surface area contributed by atoms with Crippen molar-refractivity contribution in [3.8, 4) is 0 Å². The van der Waals surface area contributed by atoms with Crippen LogP contribution in [0.2, 0.25) is 0 Å². The third-order valence-corrected chi connectivity index (χ3v) is 3.26. The summed E-state index contributed by atoms with van der Waals surface area (Å²) in [7, 11) is 0. The van der Waals surface area contributed by atoms with Crippen molar-refractivity contribution >= 4 is 11.7 Å². The molecule has 0 radical (unpaired) electrons. The highest BCUT2D eigenvalue weighted by molar-refractivity contribution is 5.87. The van der Waals surface area contributed by atoms with Gasteiger partial charge in [-0.05, 0) is 47.8 Å². The molecule has 9 nitrogen and oxygen atoms in total. The molecule has 2 aliphatic heterocycles. The SMILES string of the molecule is O=C(O)c1ccc([N+](=O)[O-])cc1.O=[N+]1C=CC(=C2C=CN([O-])C=C2)C=C1. The van der Waals surface area contributed by atoms with Crippen molar-refractivity contribution in [1.29, 1.82) is 0 Å². The summed E-state index contributed by atoms with van der Waals surface area (Å²) in [4.78, 5) is 30.6. The maximum atomic E-state index is 10.8. The third-order valence-electron chi connectivity index (χ3n) is 3.26. The molecule has 1 aromatic carbocycles. The molecule has 2 heterocycles. The fourth-order valence-electron chi connectivity index (χ4n) is 1.94. The monoisotopic (exact) mass is 355 g/mol. The van der Waals surface area contributed by atoms with Gasteiger partial charge in [0.15, 0.2) is 0 Å². The molecular weight excluding hydrogens is 342 g/mol. The molecule has 0 spiro atoms. The molecule has 0 fully saturated rings. The summed E-state index contributed by atoms with van der Waals surface area (Å²) in [5.41, 5.74) is 1.76. The zero-order chi connectivity index (χ0) is 19.1. The van der Waals surface area contributed by atoms with E-state index < -0.39 is 10.9 Å². The van der Waals surface area contributed by atoms with Gasteiger partial charge >= 0.3 is 5.97 Å². The van der Waals surface area contributed by atoms with E-state index in [0.29, 0.717) is 0 Å². The molecule has 0 saturated carbocycles. The maximum Gasteiger partial charge on any atom is 0.335 e. The van der Waals surface area contributed by atoms with E-state index in [-0.39, 0.29) is 11.3 Å². The first-order valence-electron chi connectivity index (χ1n) is 7.22. The van der Waals surface area contributed by atoms with Crippen molar-refractivity contribution in [2.24, 2.45) is 0 Å². The second kappa shape index (κ2) is 8.31. The average molecular weight is 355 g/mol. The lowest BCUT2D eigenvalue weighted by Crippen LogP contribution is -2.02. The van der Waals surface area contributed by atoms with Crippen molar-refractivity contribution < 1.29 is 19.6 Å². The van der Waals surface area contributed by atoms with E-state index in [9.17, 15) is 25.0 Å². The second-order valence-electron chi connectivity index (χ2n) is 5.00. The number of allylic oxidation sites excluding steroid dienone is 6. The van der Waals surface area contributed by atoms with E-state index in [2.05, 4.69) is 0 Å². The Balaban J connectivity index is 0.000000190. The summed E-state index contributed by atoms with van der Waals surface area (Å²) in [6.07, 6.45) is 12.5. The Morgan fingerprint density at radius 1 is 1.00 bits per heavy atom. The van der Waals surface area contributed by atoms with Crippen molar-refractivity contribution in [1.82, 2.24) is 5.06 Å². The number of carboxylic acids is 1. The van der Waals surface area contributed by atoms with Crippen LogP contribution in [0, 0.1) is 20.2 Å². The van der Waals surface area contributed by atoms with Crippen molar-refractivity contribution in [3.63, 3.8) is 0 Å². The molecule has 0 atom stereocenters. The number of carboxylic acid groups (broad SMARTS) is 1. The molecule has 26 heavy (non-hydrogen) atoms. The Morgan fingerprint density at radius 2 is 1.50 bits per heavy atom. The summed E-state index contributed by atoms with van der Waals surface area (Å²) in [5, 5.41) is 30.1. The fourth-order valence-corrected chi connectivity index (χ4v) is 1.94. The van der Waals surface area contributed by atoms with Crippen LogP contribution in [0.3, 0.4) is 0 Å². The Bertz CT molecular complexity index is 811. The van der Waals surface area contributed by atoms with E-state index >= 15 is 0 Å². The molecule has 0 amide bonds. The van der Waals surface area contributed by atoms with Gasteiger partial charge < -0.3 is 15.4 Å². The van der Waals surface area contributed by atoms with Crippen molar-refractivity contribution in [2.45, 2.75) is 0 Å². The van der Waals surface area contributed by atoms with E-state index in [4.69, 9.17) is 5.11 Å². The van der Waals surface area contributed by atoms with Crippen LogP contribution in [-0.4, -0.2) is 25.8 Å². The number of hydroxylamine groups is 2. The number of nitro benzene ring substituents is 1. The Hall–Kier alpha value is -3.85. The van der Waals surface area contributed by atoms with Gasteiger partial charge in [0.1, 0.15) is 0 Å². The lowest BCUT2D eigenvalue weighted by molar-refractivity contribution is -0.403. The van der Waals surface area contributed by atoms with Crippen LogP contribution in [0.1, 0.15) is 10.4 Å². The largest absolute Gasteiger partial charge is 0.755 e. The van der Waals surface area contributed by atoms with Gasteiger partial charge in [-0.3, -0.25) is 10.1 Å². The van der Waals surface area contributed by atoms with Crippen LogP contribution in [-0.2, 0) is 0 Å². The van der Waals surface area contributed by atoms with Gasteiger partial charge in [0.2, 0.25) is 12.4 Å². The van der Waals surface area contributed by atoms with Gasteiger partial charge in [-0.15, -0.1) is 0 Å². The van der Waals surface area contributed by atoms with Gasteiger partial charge in [-0.2, -0.15) is 0 Å². The highest BCUT2D eigenvalue weighted by Gasteiger charge is 2.08. The quantitative estimate of drug-likeness (QED) is 0.490. The molecule has 0 bridgehead atoms. The van der Waals surface area contributed by atoms with Crippen LogP contribution in [0.15, 0.2) is 84.5 Å². The molecule has 3 rings (SSSR count). The van der Waals surface area contributed by atoms with E-state index in [1.165, 1.54) is 36.9 Å². The second-order valence-corrected chi connectivity index (χ2v) is 5.00. The first kappa shape index (κ1) is 18.5. The number of nitro groups is 1. The molecule has 0 aromatic heterocycles. The molecule has 9 heteroatoms. The Kier molecular flexibility index (Phi) is 5.91. The van der Waals surface area contributed by atoms with Crippen LogP contribution >= 0.6 is 0 Å². The predicted octanol–water partition coefficient (Wildman–Crippen LogP) is 3.24. The predicted molar refractivity (Wildman–Crippen MR) is 92.5 cm³/mol. The van der Waals surface area contributed by atoms with Crippen molar-refractivity contribution in [3.05, 3.63) is 110 Å². The van der Waals surface area contributed by atoms with Crippen LogP contribution < -0.4 is 0 Å². The number of benzene rings is 1. The third kappa shape index (κ3) is 5.08. The number of nitroso groups, excluding NO2 is 1. The first-order chi connectivity index (χ1) is 12.4. The molecule has 1 N–H and O–H groups in total. The molecular formula is C17H13N3O6. The van der Waals surface area contributed by atoms with E-state index in [1.54, 1.807) is 24.3 Å². The minimum Gasteiger partial charge on any atom is -0.755 e. The summed E-state index contributed by atoms with van der Waals surface area (Å²) >= 11 is 0. The zero-order valence-corrected chi connectivity index (χ0v) is 13.3. The minimum absolute atomic E-state index is 0.0422. The van der Waals surface area contributed by atoms with Gasteiger partial charge in [-0.25, -0.2) is 4.79 Å². The Morgan fingerprint density at radius 3 is 1.96 bits per heavy atom. The van der Waals surface area contributed by atoms with Gasteiger partial charge in [0, 0.05) is 29.2 Å². The van der Waals surface area contributed by atoms with E-state index in [0.717, 1.165) is 33.1 Å². The molecule has 0 unspecified atom stereocenters. The van der Waals surface area contributed by atoms with Gasteiger partial charge in [0.25, 0.3) is 5.69 Å². The molecule has 0 aliphatic carbocycles. The van der Waals surface area contributed by atoms with Crippen LogP contribution in [0.5, 0.6) is 0 Å². The topological polar surface area (TPSA) is 127 Å². The zero-order valence-electron chi connectivity index (χ0n) is 13.3. The normalized spacial score (nSPS) is 15.0. The number of nitrogens with zero attached hydrogens (tertiary/aromatic N) is 3. The summed E-state index contributed by atoms with van der Waals surface area (Å²) in [6, 6.07) is 4.70. The fraction of sp³-hybridized carbons (Fsp3) is 0. The number of aromatic carboxylic acids is 1. The summed E-state index contributed by atoms with van der Waals surface area (Å²) < 4.78 is 0.722. The molecule has 1 aromatic rings.